The third-order valence-electron chi connectivity index (χ3n) is 6.36. The predicted molar refractivity (Wildman–Crippen MR) is 139 cm³/mol. The molecular formula is C29H33N3O2. The zero-order valence-corrected chi connectivity index (χ0v) is 19.8. The number of aryl methyl sites for hydroxylation is 1. The van der Waals surface area contributed by atoms with Gasteiger partial charge in [0.15, 0.2) is 0 Å². The zero-order valence-electron chi connectivity index (χ0n) is 19.8. The summed E-state index contributed by atoms with van der Waals surface area (Å²) in [5.41, 5.74) is 5.15. The molecule has 1 aliphatic heterocycles. The van der Waals surface area contributed by atoms with E-state index in [2.05, 4.69) is 34.6 Å². The van der Waals surface area contributed by atoms with E-state index in [0.29, 0.717) is 23.4 Å². The molecule has 4 rings (SSSR count). The average molecular weight is 456 g/mol. The molecule has 1 heterocycles. The van der Waals surface area contributed by atoms with Gasteiger partial charge in [0.1, 0.15) is 0 Å². The number of piperidine rings is 1. The SMILES string of the molecule is CCc1ccc(C(=O)Nc2ccc(N3CCCCC3)c(C(=O)NCCc3ccccc3)c2)cc1. The fraction of sp³-hybridized carbons (Fsp3) is 0.310. The largest absolute Gasteiger partial charge is 0.371 e. The van der Waals surface area contributed by atoms with Gasteiger partial charge in [-0.05, 0) is 73.6 Å². The lowest BCUT2D eigenvalue weighted by Gasteiger charge is -2.30. The Kier molecular flexibility index (Phi) is 7.97. The van der Waals surface area contributed by atoms with Crippen molar-refractivity contribution in [3.8, 4) is 0 Å². The molecule has 3 aromatic carbocycles. The minimum absolute atomic E-state index is 0.111. The van der Waals surface area contributed by atoms with Crippen LogP contribution < -0.4 is 15.5 Å². The van der Waals surface area contributed by atoms with Gasteiger partial charge in [0.05, 0.1) is 5.56 Å². The van der Waals surface area contributed by atoms with Crippen molar-refractivity contribution in [1.29, 1.82) is 0 Å². The number of hydrogen-bond donors (Lipinski definition) is 2. The van der Waals surface area contributed by atoms with Gasteiger partial charge in [0.2, 0.25) is 0 Å². The van der Waals surface area contributed by atoms with Crippen molar-refractivity contribution in [2.75, 3.05) is 29.9 Å². The van der Waals surface area contributed by atoms with E-state index in [4.69, 9.17) is 0 Å². The molecule has 1 fully saturated rings. The Hall–Kier alpha value is -3.60. The molecule has 1 aliphatic rings. The van der Waals surface area contributed by atoms with Crippen molar-refractivity contribution < 1.29 is 9.59 Å². The predicted octanol–water partition coefficient (Wildman–Crippen LogP) is 5.46. The summed E-state index contributed by atoms with van der Waals surface area (Å²) in [6.07, 6.45) is 5.18. The van der Waals surface area contributed by atoms with E-state index in [0.717, 1.165) is 44.5 Å². The third kappa shape index (κ3) is 6.04. The van der Waals surface area contributed by atoms with Crippen LogP contribution in [0.15, 0.2) is 72.8 Å². The highest BCUT2D eigenvalue weighted by Crippen LogP contribution is 2.27. The van der Waals surface area contributed by atoms with Gasteiger partial charge in [-0.15, -0.1) is 0 Å². The Labute approximate surface area is 202 Å². The molecule has 0 bridgehead atoms. The summed E-state index contributed by atoms with van der Waals surface area (Å²) in [6.45, 7) is 4.54. The maximum absolute atomic E-state index is 13.2. The Morgan fingerprint density at radius 3 is 2.26 bits per heavy atom. The van der Waals surface area contributed by atoms with Crippen molar-refractivity contribution >= 4 is 23.2 Å². The van der Waals surface area contributed by atoms with Gasteiger partial charge >= 0.3 is 0 Å². The molecule has 0 saturated carbocycles. The number of hydrogen-bond acceptors (Lipinski definition) is 3. The van der Waals surface area contributed by atoms with Gasteiger partial charge in [-0.25, -0.2) is 0 Å². The number of nitrogens with zero attached hydrogens (tertiary/aromatic N) is 1. The number of benzene rings is 3. The summed E-state index contributed by atoms with van der Waals surface area (Å²) >= 11 is 0. The molecule has 176 valence electrons. The minimum Gasteiger partial charge on any atom is -0.371 e. The van der Waals surface area contributed by atoms with Crippen LogP contribution in [0.3, 0.4) is 0 Å². The van der Waals surface area contributed by atoms with E-state index in [-0.39, 0.29) is 11.8 Å². The number of amides is 2. The van der Waals surface area contributed by atoms with Crippen LogP contribution in [0.4, 0.5) is 11.4 Å². The van der Waals surface area contributed by atoms with Gasteiger partial charge in [0.25, 0.3) is 11.8 Å². The molecule has 0 atom stereocenters. The molecule has 5 nitrogen and oxygen atoms in total. The van der Waals surface area contributed by atoms with Gasteiger partial charge in [-0.1, -0.05) is 49.4 Å². The van der Waals surface area contributed by atoms with Crippen molar-refractivity contribution in [1.82, 2.24) is 5.32 Å². The van der Waals surface area contributed by atoms with Gasteiger partial charge < -0.3 is 15.5 Å². The second-order valence-electron chi connectivity index (χ2n) is 8.78. The summed E-state index contributed by atoms with van der Waals surface area (Å²) in [7, 11) is 0. The first kappa shape index (κ1) is 23.6. The van der Waals surface area contributed by atoms with Crippen LogP contribution in [0.5, 0.6) is 0 Å². The molecule has 0 radical (unpaired) electrons. The molecule has 0 aliphatic carbocycles. The number of rotatable bonds is 8. The first-order valence-corrected chi connectivity index (χ1v) is 12.3. The minimum atomic E-state index is -0.177. The number of carbonyl (C=O) groups excluding carboxylic acids is 2. The summed E-state index contributed by atoms with van der Waals surface area (Å²) in [6, 6.07) is 23.4. The molecule has 5 heteroatoms. The summed E-state index contributed by atoms with van der Waals surface area (Å²) < 4.78 is 0. The molecule has 34 heavy (non-hydrogen) atoms. The van der Waals surface area contributed by atoms with E-state index in [1.54, 1.807) is 6.07 Å². The Balaban J connectivity index is 1.50. The van der Waals surface area contributed by atoms with Crippen molar-refractivity contribution in [2.24, 2.45) is 0 Å². The van der Waals surface area contributed by atoms with Gasteiger partial charge in [-0.2, -0.15) is 0 Å². The number of carbonyl (C=O) groups is 2. The van der Waals surface area contributed by atoms with Crippen molar-refractivity contribution in [3.05, 3.63) is 95.1 Å². The highest BCUT2D eigenvalue weighted by atomic mass is 16.2. The average Bonchev–Trinajstić information content (AvgIpc) is 2.89. The van der Waals surface area contributed by atoms with Crippen LogP contribution in [0.1, 0.15) is 58.0 Å². The van der Waals surface area contributed by atoms with Crippen LogP contribution in [0.25, 0.3) is 0 Å². The second-order valence-corrected chi connectivity index (χ2v) is 8.78. The van der Waals surface area contributed by atoms with Crippen LogP contribution in [0.2, 0.25) is 0 Å². The summed E-state index contributed by atoms with van der Waals surface area (Å²) in [5, 5.41) is 6.04. The standard InChI is InChI=1S/C29H33N3O2/c1-2-22-11-13-24(14-12-22)28(33)31-25-15-16-27(32-19-7-4-8-20-32)26(21-25)29(34)30-18-17-23-9-5-3-6-10-23/h3,5-6,9-16,21H,2,4,7-8,17-20H2,1H3,(H,30,34)(H,31,33). The number of anilines is 2. The molecule has 2 amide bonds. The maximum atomic E-state index is 13.2. The lowest BCUT2D eigenvalue weighted by molar-refractivity contribution is 0.0953. The molecule has 2 N–H and O–H groups in total. The molecule has 0 aromatic heterocycles. The normalized spacial score (nSPS) is 13.4. The Bertz CT molecular complexity index is 1100. The lowest BCUT2D eigenvalue weighted by Crippen LogP contribution is -2.33. The summed E-state index contributed by atoms with van der Waals surface area (Å²) in [5.74, 6) is -0.288. The van der Waals surface area contributed by atoms with Crippen LogP contribution in [-0.2, 0) is 12.8 Å². The molecule has 0 unspecified atom stereocenters. The van der Waals surface area contributed by atoms with Gasteiger partial charge in [-0.3, -0.25) is 9.59 Å². The molecule has 3 aromatic rings. The third-order valence-corrected chi connectivity index (χ3v) is 6.36. The zero-order chi connectivity index (χ0) is 23.8. The van der Waals surface area contributed by atoms with E-state index in [1.165, 1.54) is 17.5 Å². The second kappa shape index (κ2) is 11.5. The lowest BCUT2D eigenvalue weighted by atomic mass is 10.0. The summed E-state index contributed by atoms with van der Waals surface area (Å²) in [4.78, 5) is 28.3. The monoisotopic (exact) mass is 455 g/mol. The van der Waals surface area contributed by atoms with E-state index < -0.39 is 0 Å². The van der Waals surface area contributed by atoms with Crippen LogP contribution >= 0.6 is 0 Å². The first-order chi connectivity index (χ1) is 16.6. The molecular weight excluding hydrogens is 422 g/mol. The fourth-order valence-electron chi connectivity index (χ4n) is 4.36. The smallest absolute Gasteiger partial charge is 0.255 e. The quantitative estimate of drug-likeness (QED) is 0.474. The fourth-order valence-corrected chi connectivity index (χ4v) is 4.36. The van der Waals surface area contributed by atoms with Crippen molar-refractivity contribution in [3.63, 3.8) is 0 Å². The van der Waals surface area contributed by atoms with Gasteiger partial charge in [0, 0.05) is 36.6 Å². The van der Waals surface area contributed by atoms with Crippen molar-refractivity contribution in [2.45, 2.75) is 39.0 Å². The van der Waals surface area contributed by atoms with Crippen LogP contribution in [0, 0.1) is 0 Å². The highest BCUT2D eigenvalue weighted by Gasteiger charge is 2.20. The van der Waals surface area contributed by atoms with E-state index in [1.807, 2.05) is 54.6 Å². The van der Waals surface area contributed by atoms with Crippen LogP contribution in [-0.4, -0.2) is 31.4 Å². The number of nitrogens with one attached hydrogen (secondary N) is 2. The Morgan fingerprint density at radius 2 is 1.56 bits per heavy atom. The molecule has 1 saturated heterocycles. The first-order valence-electron chi connectivity index (χ1n) is 12.3. The topological polar surface area (TPSA) is 61.4 Å². The van der Waals surface area contributed by atoms with E-state index in [9.17, 15) is 9.59 Å². The highest BCUT2D eigenvalue weighted by molar-refractivity contribution is 6.06. The van der Waals surface area contributed by atoms with E-state index >= 15 is 0 Å². The Morgan fingerprint density at radius 1 is 0.824 bits per heavy atom. The maximum Gasteiger partial charge on any atom is 0.255 e. The molecule has 0 spiro atoms.